The summed E-state index contributed by atoms with van der Waals surface area (Å²) in [7, 11) is 0. The summed E-state index contributed by atoms with van der Waals surface area (Å²) in [4.78, 5) is 12.3. The molecule has 1 fully saturated rings. The Labute approximate surface area is 117 Å². The Morgan fingerprint density at radius 1 is 1.44 bits per heavy atom. The van der Waals surface area contributed by atoms with E-state index < -0.39 is 0 Å². The van der Waals surface area contributed by atoms with Crippen molar-refractivity contribution < 1.29 is 9.53 Å². The molecule has 0 N–H and O–H groups in total. The SMILES string of the molecule is CCC1OCCC1C(=O)Cc1cccc(Cl)c1Cl. The topological polar surface area (TPSA) is 26.3 Å². The van der Waals surface area contributed by atoms with Gasteiger partial charge in [0.05, 0.1) is 16.1 Å². The molecule has 1 aromatic rings. The van der Waals surface area contributed by atoms with E-state index in [1.165, 1.54) is 0 Å². The van der Waals surface area contributed by atoms with Crippen molar-refractivity contribution in [2.45, 2.75) is 32.3 Å². The van der Waals surface area contributed by atoms with E-state index in [-0.39, 0.29) is 17.8 Å². The van der Waals surface area contributed by atoms with E-state index in [9.17, 15) is 4.79 Å². The Kier molecular flexibility index (Phi) is 4.66. The number of benzene rings is 1. The summed E-state index contributed by atoms with van der Waals surface area (Å²) in [6.45, 7) is 2.72. The fourth-order valence-corrected chi connectivity index (χ4v) is 2.81. The molecule has 1 saturated heterocycles. The fraction of sp³-hybridized carbons (Fsp3) is 0.500. The highest BCUT2D eigenvalue weighted by Crippen LogP contribution is 2.29. The maximum Gasteiger partial charge on any atom is 0.143 e. The third kappa shape index (κ3) is 2.87. The van der Waals surface area contributed by atoms with Gasteiger partial charge >= 0.3 is 0 Å². The molecule has 1 aliphatic rings. The zero-order valence-corrected chi connectivity index (χ0v) is 11.8. The van der Waals surface area contributed by atoms with Crippen LogP contribution in [-0.4, -0.2) is 18.5 Å². The molecule has 2 nitrogen and oxygen atoms in total. The van der Waals surface area contributed by atoms with E-state index in [1.807, 2.05) is 19.1 Å². The second-order valence-electron chi connectivity index (χ2n) is 4.57. The number of ketones is 1. The molecule has 0 aliphatic carbocycles. The van der Waals surface area contributed by atoms with Gasteiger partial charge < -0.3 is 4.74 Å². The first-order valence-corrected chi connectivity index (χ1v) is 6.96. The molecule has 0 bridgehead atoms. The number of ether oxygens (including phenoxy) is 1. The molecule has 0 amide bonds. The quantitative estimate of drug-likeness (QED) is 0.839. The van der Waals surface area contributed by atoms with Gasteiger partial charge in [0.15, 0.2) is 0 Å². The minimum absolute atomic E-state index is 0.00467. The van der Waals surface area contributed by atoms with Crippen LogP contribution in [0.25, 0.3) is 0 Å². The summed E-state index contributed by atoms with van der Waals surface area (Å²) in [5.41, 5.74) is 0.802. The maximum absolute atomic E-state index is 12.3. The van der Waals surface area contributed by atoms with Crippen LogP contribution in [0.1, 0.15) is 25.3 Å². The highest BCUT2D eigenvalue weighted by molar-refractivity contribution is 6.42. The predicted molar refractivity (Wildman–Crippen MR) is 73.3 cm³/mol. The van der Waals surface area contributed by atoms with Gasteiger partial charge in [-0.2, -0.15) is 0 Å². The van der Waals surface area contributed by atoms with Crippen molar-refractivity contribution in [1.29, 1.82) is 0 Å². The molecule has 4 heteroatoms. The zero-order valence-electron chi connectivity index (χ0n) is 10.3. The monoisotopic (exact) mass is 286 g/mol. The zero-order chi connectivity index (χ0) is 13.1. The van der Waals surface area contributed by atoms with E-state index in [2.05, 4.69) is 0 Å². The van der Waals surface area contributed by atoms with Crippen molar-refractivity contribution in [3.63, 3.8) is 0 Å². The number of hydrogen-bond donors (Lipinski definition) is 0. The van der Waals surface area contributed by atoms with Gasteiger partial charge in [0.2, 0.25) is 0 Å². The molecule has 1 heterocycles. The summed E-state index contributed by atoms with van der Waals surface area (Å²) in [6, 6.07) is 5.40. The molecule has 18 heavy (non-hydrogen) atoms. The molecule has 2 unspecified atom stereocenters. The first-order valence-electron chi connectivity index (χ1n) is 6.20. The van der Waals surface area contributed by atoms with Gasteiger partial charge in [0.25, 0.3) is 0 Å². The van der Waals surface area contributed by atoms with E-state index in [4.69, 9.17) is 27.9 Å². The van der Waals surface area contributed by atoms with Gasteiger partial charge in [-0.3, -0.25) is 4.79 Å². The lowest BCUT2D eigenvalue weighted by Gasteiger charge is -2.16. The number of carbonyl (C=O) groups is 1. The van der Waals surface area contributed by atoms with Crippen molar-refractivity contribution in [2.75, 3.05) is 6.61 Å². The average molecular weight is 287 g/mol. The largest absolute Gasteiger partial charge is 0.377 e. The van der Waals surface area contributed by atoms with Crippen LogP contribution < -0.4 is 0 Å². The molecule has 1 aromatic carbocycles. The van der Waals surface area contributed by atoms with Crippen LogP contribution in [-0.2, 0) is 16.0 Å². The molecule has 98 valence electrons. The molecule has 0 radical (unpaired) electrons. The molecular formula is C14H16Cl2O2. The number of Topliss-reactive ketones (excluding diaryl/α,β-unsaturated/α-hetero) is 1. The fourth-order valence-electron chi connectivity index (χ4n) is 2.42. The summed E-state index contributed by atoms with van der Waals surface area (Å²) in [5, 5.41) is 0.983. The number of rotatable bonds is 4. The summed E-state index contributed by atoms with van der Waals surface area (Å²) < 4.78 is 5.55. The van der Waals surface area contributed by atoms with Crippen LogP contribution in [0, 0.1) is 5.92 Å². The smallest absolute Gasteiger partial charge is 0.143 e. The molecule has 0 spiro atoms. The lowest BCUT2D eigenvalue weighted by Crippen LogP contribution is -2.25. The number of carbonyl (C=O) groups excluding carboxylic acids is 1. The Morgan fingerprint density at radius 2 is 2.22 bits per heavy atom. The third-order valence-corrected chi connectivity index (χ3v) is 4.28. The summed E-state index contributed by atoms with van der Waals surface area (Å²) >= 11 is 12.0. The van der Waals surface area contributed by atoms with Gasteiger partial charge in [-0.1, -0.05) is 42.3 Å². The van der Waals surface area contributed by atoms with Crippen LogP contribution >= 0.6 is 23.2 Å². The molecular weight excluding hydrogens is 271 g/mol. The maximum atomic E-state index is 12.3. The Hall–Kier alpha value is -0.570. The van der Waals surface area contributed by atoms with Crippen LogP contribution in [0.2, 0.25) is 10.0 Å². The second-order valence-corrected chi connectivity index (χ2v) is 5.35. The number of halogens is 2. The second kappa shape index (κ2) is 6.05. The summed E-state index contributed by atoms with van der Waals surface area (Å²) in [6.07, 6.45) is 2.09. The highest BCUT2D eigenvalue weighted by Gasteiger charge is 2.32. The Bertz CT molecular complexity index is 445. The van der Waals surface area contributed by atoms with E-state index in [0.29, 0.717) is 23.1 Å². The predicted octanol–water partition coefficient (Wildman–Crippen LogP) is 3.92. The standard InChI is InChI=1S/C14H16Cl2O2/c1-2-13-10(6-7-18-13)12(17)8-9-4-3-5-11(15)14(9)16/h3-5,10,13H,2,6-8H2,1H3. The van der Waals surface area contributed by atoms with Crippen LogP contribution in [0.4, 0.5) is 0 Å². The first-order chi connectivity index (χ1) is 8.63. The first kappa shape index (κ1) is 13.9. The van der Waals surface area contributed by atoms with Crippen LogP contribution in [0.5, 0.6) is 0 Å². The molecule has 0 aromatic heterocycles. The molecule has 2 atom stereocenters. The lowest BCUT2D eigenvalue weighted by atomic mass is 9.91. The van der Waals surface area contributed by atoms with Crippen LogP contribution in [0.15, 0.2) is 18.2 Å². The van der Waals surface area contributed by atoms with Crippen LogP contribution in [0.3, 0.4) is 0 Å². The van der Waals surface area contributed by atoms with E-state index >= 15 is 0 Å². The van der Waals surface area contributed by atoms with Gasteiger partial charge in [-0.05, 0) is 24.5 Å². The van der Waals surface area contributed by atoms with Crippen molar-refractivity contribution >= 4 is 29.0 Å². The van der Waals surface area contributed by atoms with Crippen molar-refractivity contribution in [3.05, 3.63) is 33.8 Å². The molecule has 2 rings (SSSR count). The summed E-state index contributed by atoms with van der Waals surface area (Å²) in [5.74, 6) is 0.202. The van der Waals surface area contributed by atoms with Crippen molar-refractivity contribution in [2.24, 2.45) is 5.92 Å². The van der Waals surface area contributed by atoms with Crippen molar-refractivity contribution in [1.82, 2.24) is 0 Å². The van der Waals surface area contributed by atoms with Gasteiger partial charge in [-0.25, -0.2) is 0 Å². The Balaban J connectivity index is 2.09. The third-order valence-electron chi connectivity index (χ3n) is 3.42. The average Bonchev–Trinajstić information content (AvgIpc) is 2.83. The van der Waals surface area contributed by atoms with E-state index in [1.54, 1.807) is 6.07 Å². The van der Waals surface area contributed by atoms with Gasteiger partial charge in [-0.15, -0.1) is 0 Å². The minimum atomic E-state index is 0.00467. The van der Waals surface area contributed by atoms with Gasteiger partial charge in [0, 0.05) is 18.9 Å². The minimum Gasteiger partial charge on any atom is -0.377 e. The van der Waals surface area contributed by atoms with E-state index in [0.717, 1.165) is 18.4 Å². The number of hydrogen-bond acceptors (Lipinski definition) is 2. The molecule has 1 aliphatic heterocycles. The lowest BCUT2D eigenvalue weighted by molar-refractivity contribution is -0.123. The van der Waals surface area contributed by atoms with Gasteiger partial charge in [0.1, 0.15) is 5.78 Å². The highest BCUT2D eigenvalue weighted by atomic mass is 35.5. The Morgan fingerprint density at radius 3 is 2.94 bits per heavy atom. The molecule has 0 saturated carbocycles. The normalized spacial score (nSPS) is 23.3. The van der Waals surface area contributed by atoms with Crippen molar-refractivity contribution in [3.8, 4) is 0 Å².